The standard InChI is InChI=1S/C11H16N2O2.C2H6/c1-8-5-6-9(7-12-8)13-10(14)15-11(2,3)4;1-2/h5-7H,1-4H3,(H,13,14);1-2H3. The van der Waals surface area contributed by atoms with Crippen LogP contribution >= 0.6 is 0 Å². The van der Waals surface area contributed by atoms with Crippen molar-refractivity contribution in [2.45, 2.75) is 47.1 Å². The van der Waals surface area contributed by atoms with E-state index in [1.807, 2.05) is 47.6 Å². The predicted molar refractivity (Wildman–Crippen MR) is 70.2 cm³/mol. The van der Waals surface area contributed by atoms with Gasteiger partial charge in [0.1, 0.15) is 5.60 Å². The van der Waals surface area contributed by atoms with Gasteiger partial charge in [-0.2, -0.15) is 0 Å². The quantitative estimate of drug-likeness (QED) is 0.810. The lowest BCUT2D eigenvalue weighted by molar-refractivity contribution is 0.0636. The molecule has 0 unspecified atom stereocenters. The van der Waals surface area contributed by atoms with Crippen LogP contribution in [0.4, 0.5) is 10.5 Å². The molecule has 1 heterocycles. The zero-order valence-electron chi connectivity index (χ0n) is 11.5. The van der Waals surface area contributed by atoms with Crippen molar-refractivity contribution in [3.8, 4) is 0 Å². The van der Waals surface area contributed by atoms with E-state index in [1.54, 1.807) is 12.3 Å². The summed E-state index contributed by atoms with van der Waals surface area (Å²) >= 11 is 0. The molecule has 17 heavy (non-hydrogen) atoms. The number of nitrogens with one attached hydrogen (secondary N) is 1. The average molecular weight is 238 g/mol. The van der Waals surface area contributed by atoms with Gasteiger partial charge in [0.25, 0.3) is 0 Å². The smallest absolute Gasteiger partial charge is 0.412 e. The zero-order valence-corrected chi connectivity index (χ0v) is 11.5. The molecule has 1 N–H and O–H groups in total. The number of hydrogen-bond donors (Lipinski definition) is 1. The highest BCUT2D eigenvalue weighted by molar-refractivity contribution is 5.84. The molecule has 1 aromatic heterocycles. The number of carbonyl (C=O) groups is 1. The van der Waals surface area contributed by atoms with Crippen molar-refractivity contribution in [3.05, 3.63) is 24.0 Å². The minimum Gasteiger partial charge on any atom is -0.444 e. The Balaban J connectivity index is 0.00000121. The number of hydrogen-bond acceptors (Lipinski definition) is 3. The van der Waals surface area contributed by atoms with Gasteiger partial charge in [-0.05, 0) is 39.8 Å². The SMILES string of the molecule is CC.Cc1ccc(NC(=O)OC(C)(C)C)cn1. The van der Waals surface area contributed by atoms with E-state index in [0.29, 0.717) is 5.69 Å². The molecule has 0 saturated carbocycles. The molecule has 1 rings (SSSR count). The highest BCUT2D eigenvalue weighted by Crippen LogP contribution is 2.10. The fourth-order valence-corrected chi connectivity index (χ4v) is 0.963. The first kappa shape index (κ1) is 15.4. The molecule has 0 atom stereocenters. The Labute approximate surface area is 103 Å². The van der Waals surface area contributed by atoms with Crippen LogP contribution in [-0.2, 0) is 4.74 Å². The van der Waals surface area contributed by atoms with Crippen molar-refractivity contribution in [2.24, 2.45) is 0 Å². The summed E-state index contributed by atoms with van der Waals surface area (Å²) in [6, 6.07) is 3.61. The van der Waals surface area contributed by atoms with Crippen LogP contribution in [0.15, 0.2) is 18.3 Å². The molecule has 1 aromatic rings. The summed E-state index contributed by atoms with van der Waals surface area (Å²) in [6.45, 7) is 11.3. The Bertz CT molecular complexity index is 339. The third-order valence-electron chi connectivity index (χ3n) is 1.56. The van der Waals surface area contributed by atoms with Crippen molar-refractivity contribution in [2.75, 3.05) is 5.32 Å². The molecule has 96 valence electrons. The zero-order chi connectivity index (χ0) is 13.5. The molecule has 4 nitrogen and oxygen atoms in total. The van der Waals surface area contributed by atoms with Gasteiger partial charge in [0.15, 0.2) is 0 Å². The highest BCUT2D eigenvalue weighted by atomic mass is 16.6. The van der Waals surface area contributed by atoms with Gasteiger partial charge >= 0.3 is 6.09 Å². The number of aromatic nitrogens is 1. The van der Waals surface area contributed by atoms with Crippen molar-refractivity contribution in [3.63, 3.8) is 0 Å². The van der Waals surface area contributed by atoms with Crippen molar-refractivity contribution in [1.29, 1.82) is 0 Å². The summed E-state index contributed by atoms with van der Waals surface area (Å²) in [7, 11) is 0. The summed E-state index contributed by atoms with van der Waals surface area (Å²) in [5.41, 5.74) is 1.06. The maximum Gasteiger partial charge on any atom is 0.412 e. The number of pyridine rings is 1. The lowest BCUT2D eigenvalue weighted by atomic mass is 10.2. The van der Waals surface area contributed by atoms with Gasteiger partial charge in [-0.1, -0.05) is 13.8 Å². The van der Waals surface area contributed by atoms with E-state index in [9.17, 15) is 4.79 Å². The van der Waals surface area contributed by atoms with Crippen LogP contribution in [0.1, 0.15) is 40.3 Å². The fourth-order valence-electron chi connectivity index (χ4n) is 0.963. The van der Waals surface area contributed by atoms with E-state index in [1.165, 1.54) is 0 Å². The van der Waals surface area contributed by atoms with Crippen LogP contribution < -0.4 is 5.32 Å². The van der Waals surface area contributed by atoms with Crippen LogP contribution in [0.3, 0.4) is 0 Å². The first-order valence-corrected chi connectivity index (χ1v) is 5.79. The van der Waals surface area contributed by atoms with E-state index in [-0.39, 0.29) is 0 Å². The second-order valence-electron chi connectivity index (χ2n) is 4.32. The number of aryl methyl sites for hydroxylation is 1. The van der Waals surface area contributed by atoms with Crippen LogP contribution in [0.2, 0.25) is 0 Å². The Morgan fingerprint density at radius 2 is 1.88 bits per heavy atom. The third-order valence-corrected chi connectivity index (χ3v) is 1.56. The maximum atomic E-state index is 11.4. The first-order chi connectivity index (χ1) is 7.87. The van der Waals surface area contributed by atoms with Gasteiger partial charge in [0, 0.05) is 5.69 Å². The molecule has 0 aromatic carbocycles. The predicted octanol–water partition coefficient (Wildman–Crippen LogP) is 3.76. The molecule has 0 aliphatic heterocycles. The van der Waals surface area contributed by atoms with E-state index in [2.05, 4.69) is 10.3 Å². The monoisotopic (exact) mass is 238 g/mol. The lowest BCUT2D eigenvalue weighted by Gasteiger charge is -2.19. The van der Waals surface area contributed by atoms with Crippen molar-refractivity contribution >= 4 is 11.8 Å². The van der Waals surface area contributed by atoms with Gasteiger partial charge in [-0.25, -0.2) is 4.79 Å². The van der Waals surface area contributed by atoms with Gasteiger partial charge in [0.2, 0.25) is 0 Å². The summed E-state index contributed by atoms with van der Waals surface area (Å²) in [6.07, 6.45) is 1.13. The Morgan fingerprint density at radius 1 is 1.29 bits per heavy atom. The molecule has 0 bridgehead atoms. The highest BCUT2D eigenvalue weighted by Gasteiger charge is 2.15. The second-order valence-corrected chi connectivity index (χ2v) is 4.32. The number of amides is 1. The maximum absolute atomic E-state index is 11.4. The molecule has 0 saturated heterocycles. The van der Waals surface area contributed by atoms with Gasteiger partial charge < -0.3 is 4.74 Å². The van der Waals surface area contributed by atoms with Crippen LogP contribution in [0.25, 0.3) is 0 Å². The number of rotatable bonds is 1. The molecule has 0 aliphatic carbocycles. The lowest BCUT2D eigenvalue weighted by Crippen LogP contribution is -2.27. The largest absolute Gasteiger partial charge is 0.444 e. The molecule has 0 fully saturated rings. The molecular weight excluding hydrogens is 216 g/mol. The molecule has 4 heteroatoms. The Morgan fingerprint density at radius 3 is 2.29 bits per heavy atom. The van der Waals surface area contributed by atoms with Gasteiger partial charge in [-0.15, -0.1) is 0 Å². The fraction of sp³-hybridized carbons (Fsp3) is 0.538. The summed E-state index contributed by atoms with van der Waals surface area (Å²) < 4.78 is 5.09. The van der Waals surface area contributed by atoms with Crippen LogP contribution in [-0.4, -0.2) is 16.7 Å². The van der Waals surface area contributed by atoms with Crippen LogP contribution in [0, 0.1) is 6.92 Å². The number of carbonyl (C=O) groups excluding carboxylic acids is 1. The van der Waals surface area contributed by atoms with Gasteiger partial charge in [-0.3, -0.25) is 10.3 Å². The molecule has 1 amide bonds. The summed E-state index contributed by atoms with van der Waals surface area (Å²) in [5, 5.41) is 2.60. The number of ether oxygens (including phenoxy) is 1. The second kappa shape index (κ2) is 6.89. The minimum absolute atomic E-state index is 0.465. The van der Waals surface area contributed by atoms with Crippen molar-refractivity contribution < 1.29 is 9.53 Å². The topological polar surface area (TPSA) is 51.2 Å². The molecule has 0 spiro atoms. The van der Waals surface area contributed by atoms with E-state index >= 15 is 0 Å². The average Bonchev–Trinajstić information content (AvgIpc) is 2.22. The number of nitrogens with zero attached hydrogens (tertiary/aromatic N) is 1. The Kier molecular flexibility index (Phi) is 6.25. The normalized spacial score (nSPS) is 10.0. The van der Waals surface area contributed by atoms with E-state index in [0.717, 1.165) is 5.69 Å². The molecular formula is C13H22N2O2. The Hall–Kier alpha value is -1.58. The van der Waals surface area contributed by atoms with Crippen LogP contribution in [0.5, 0.6) is 0 Å². The van der Waals surface area contributed by atoms with E-state index < -0.39 is 11.7 Å². The minimum atomic E-state index is -0.484. The third kappa shape index (κ3) is 7.33. The number of anilines is 1. The van der Waals surface area contributed by atoms with E-state index in [4.69, 9.17) is 4.74 Å². The molecule has 0 radical (unpaired) electrons. The summed E-state index contributed by atoms with van der Waals surface area (Å²) in [4.78, 5) is 15.4. The molecule has 0 aliphatic rings. The first-order valence-electron chi connectivity index (χ1n) is 5.79. The van der Waals surface area contributed by atoms with Crippen molar-refractivity contribution in [1.82, 2.24) is 4.98 Å². The summed E-state index contributed by atoms with van der Waals surface area (Å²) in [5.74, 6) is 0. The van der Waals surface area contributed by atoms with Gasteiger partial charge in [0.05, 0.1) is 11.9 Å².